The van der Waals surface area contributed by atoms with E-state index < -0.39 is 0 Å². The fourth-order valence-corrected chi connectivity index (χ4v) is 5.61. The number of fused-ring (bicyclic) bond motifs is 1. The molecule has 2 aromatic heterocycles. The number of hydrogen-bond donors (Lipinski definition) is 0. The molecule has 5 rings (SSSR count). The summed E-state index contributed by atoms with van der Waals surface area (Å²) in [6.45, 7) is 5.17. The quantitative estimate of drug-likeness (QED) is 0.764. The predicted octanol–water partition coefficient (Wildman–Crippen LogP) is 2.44. The van der Waals surface area contributed by atoms with Gasteiger partial charge in [-0.2, -0.15) is 0 Å². The zero-order valence-corrected chi connectivity index (χ0v) is 17.7. The number of rotatable bonds is 4. The fraction of sp³-hybridized carbons (Fsp3) is 0.636. The van der Waals surface area contributed by atoms with E-state index in [-0.39, 0.29) is 11.3 Å². The van der Waals surface area contributed by atoms with Crippen molar-refractivity contribution in [2.45, 2.75) is 50.5 Å². The molecule has 0 aromatic carbocycles. The molecule has 0 unspecified atom stereocenters. The van der Waals surface area contributed by atoms with Crippen LogP contribution in [-0.2, 0) is 5.41 Å². The Morgan fingerprint density at radius 3 is 2.73 bits per heavy atom. The standard InChI is InChI=1S/C22H29N5O3/c1-15-24-25-21(30-15)22-9-10-26(20(28)16-7-8-19(29-2)23-11-16)12-17(22)13-27(14-22)18-5-3-4-6-18/h7-8,11,17-18H,3-6,9-10,12-14H2,1-2H3/t17-,22-/m0/s1. The predicted molar refractivity (Wildman–Crippen MR) is 109 cm³/mol. The molecule has 8 heteroatoms. The molecule has 2 atom stereocenters. The van der Waals surface area contributed by atoms with Crippen molar-refractivity contribution in [3.05, 3.63) is 35.7 Å². The lowest BCUT2D eigenvalue weighted by atomic mass is 9.72. The van der Waals surface area contributed by atoms with Crippen molar-refractivity contribution in [1.29, 1.82) is 0 Å². The minimum atomic E-state index is -0.154. The number of hydrogen-bond acceptors (Lipinski definition) is 7. The molecule has 4 heterocycles. The number of carbonyl (C=O) groups is 1. The van der Waals surface area contributed by atoms with Gasteiger partial charge >= 0.3 is 0 Å². The highest BCUT2D eigenvalue weighted by molar-refractivity contribution is 5.94. The number of ether oxygens (including phenoxy) is 1. The van der Waals surface area contributed by atoms with Gasteiger partial charge in [-0.1, -0.05) is 12.8 Å². The second kappa shape index (κ2) is 7.65. The first kappa shape index (κ1) is 19.5. The topological polar surface area (TPSA) is 84.6 Å². The van der Waals surface area contributed by atoms with Gasteiger partial charge in [-0.05, 0) is 25.3 Å². The molecule has 2 saturated heterocycles. The second-order valence-electron chi connectivity index (χ2n) is 8.94. The lowest BCUT2D eigenvalue weighted by molar-refractivity contribution is 0.0567. The minimum absolute atomic E-state index is 0.0276. The molecular weight excluding hydrogens is 382 g/mol. The van der Waals surface area contributed by atoms with E-state index >= 15 is 0 Å². The summed E-state index contributed by atoms with van der Waals surface area (Å²) >= 11 is 0. The summed E-state index contributed by atoms with van der Waals surface area (Å²) in [6, 6.07) is 4.17. The Labute approximate surface area is 176 Å². The molecule has 1 saturated carbocycles. The molecule has 1 aliphatic carbocycles. The van der Waals surface area contributed by atoms with Gasteiger partial charge in [-0.3, -0.25) is 9.69 Å². The average molecular weight is 412 g/mol. The van der Waals surface area contributed by atoms with E-state index in [1.165, 1.54) is 25.7 Å². The number of pyridine rings is 1. The SMILES string of the molecule is COc1ccc(C(=O)N2CC[C@]3(c4nnc(C)o4)CN(C4CCCC4)C[C@@H]3C2)cn1. The third-order valence-electron chi connectivity index (χ3n) is 7.26. The van der Waals surface area contributed by atoms with Crippen LogP contribution in [0.2, 0.25) is 0 Å². The Morgan fingerprint density at radius 1 is 1.23 bits per heavy atom. The summed E-state index contributed by atoms with van der Waals surface area (Å²) in [6.07, 6.45) is 7.61. The Morgan fingerprint density at radius 2 is 2.07 bits per heavy atom. The highest BCUT2D eigenvalue weighted by atomic mass is 16.5. The van der Waals surface area contributed by atoms with Crippen LogP contribution in [0.25, 0.3) is 0 Å². The normalized spacial score (nSPS) is 27.4. The average Bonchev–Trinajstić information content (AvgIpc) is 3.52. The summed E-state index contributed by atoms with van der Waals surface area (Å²) in [5.74, 6) is 2.20. The second-order valence-corrected chi connectivity index (χ2v) is 8.94. The van der Waals surface area contributed by atoms with Crippen molar-refractivity contribution >= 4 is 5.91 Å². The van der Waals surface area contributed by atoms with Gasteiger partial charge in [0.2, 0.25) is 17.7 Å². The lowest BCUT2D eigenvalue weighted by Crippen LogP contribution is -2.51. The maximum Gasteiger partial charge on any atom is 0.255 e. The first-order chi connectivity index (χ1) is 14.6. The highest BCUT2D eigenvalue weighted by Crippen LogP contribution is 2.46. The monoisotopic (exact) mass is 411 g/mol. The van der Waals surface area contributed by atoms with E-state index in [1.807, 2.05) is 11.8 Å². The van der Waals surface area contributed by atoms with Crippen molar-refractivity contribution in [3.63, 3.8) is 0 Å². The first-order valence-electron chi connectivity index (χ1n) is 10.9. The Bertz CT molecular complexity index is 908. The molecule has 0 radical (unpaired) electrons. The lowest BCUT2D eigenvalue weighted by Gasteiger charge is -2.41. The molecule has 3 fully saturated rings. The number of amides is 1. The van der Waals surface area contributed by atoms with E-state index in [2.05, 4.69) is 20.1 Å². The third-order valence-corrected chi connectivity index (χ3v) is 7.26. The molecule has 0 spiro atoms. The summed E-state index contributed by atoms with van der Waals surface area (Å²) in [5.41, 5.74) is 0.446. The van der Waals surface area contributed by atoms with Crippen LogP contribution in [0.15, 0.2) is 22.7 Å². The van der Waals surface area contributed by atoms with Gasteiger partial charge in [0.1, 0.15) is 0 Å². The fourth-order valence-electron chi connectivity index (χ4n) is 5.61. The van der Waals surface area contributed by atoms with E-state index in [1.54, 1.807) is 25.4 Å². The summed E-state index contributed by atoms with van der Waals surface area (Å²) in [7, 11) is 1.57. The number of methoxy groups -OCH3 is 1. The number of nitrogens with zero attached hydrogens (tertiary/aromatic N) is 5. The number of piperidine rings is 1. The molecule has 0 bridgehead atoms. The zero-order valence-electron chi connectivity index (χ0n) is 17.7. The van der Waals surface area contributed by atoms with Gasteiger partial charge in [-0.15, -0.1) is 10.2 Å². The molecule has 2 aromatic rings. The number of aryl methyl sites for hydroxylation is 1. The van der Waals surface area contributed by atoms with Gasteiger partial charge in [0.05, 0.1) is 18.1 Å². The van der Waals surface area contributed by atoms with Crippen LogP contribution in [0.5, 0.6) is 5.88 Å². The van der Waals surface area contributed by atoms with Crippen LogP contribution in [0, 0.1) is 12.8 Å². The minimum Gasteiger partial charge on any atom is -0.481 e. The zero-order chi connectivity index (χ0) is 20.7. The van der Waals surface area contributed by atoms with Crippen molar-refractivity contribution in [1.82, 2.24) is 25.0 Å². The molecule has 1 amide bonds. The maximum atomic E-state index is 13.2. The van der Waals surface area contributed by atoms with Crippen LogP contribution in [0.4, 0.5) is 0 Å². The molecular formula is C22H29N5O3. The van der Waals surface area contributed by atoms with Gasteiger partial charge in [-0.25, -0.2) is 4.98 Å². The van der Waals surface area contributed by atoms with Gasteiger partial charge < -0.3 is 14.1 Å². The highest BCUT2D eigenvalue weighted by Gasteiger charge is 2.55. The van der Waals surface area contributed by atoms with Crippen LogP contribution in [0.1, 0.15) is 54.2 Å². The molecule has 8 nitrogen and oxygen atoms in total. The molecule has 160 valence electrons. The van der Waals surface area contributed by atoms with E-state index in [9.17, 15) is 4.79 Å². The smallest absolute Gasteiger partial charge is 0.255 e. The number of likely N-dealkylation sites (tertiary alicyclic amines) is 2. The van der Waals surface area contributed by atoms with Gasteiger partial charge in [0.15, 0.2) is 0 Å². The van der Waals surface area contributed by atoms with Crippen LogP contribution >= 0.6 is 0 Å². The largest absolute Gasteiger partial charge is 0.481 e. The van der Waals surface area contributed by atoms with Crippen molar-refractivity contribution in [2.75, 3.05) is 33.3 Å². The van der Waals surface area contributed by atoms with Crippen molar-refractivity contribution < 1.29 is 13.9 Å². The maximum absolute atomic E-state index is 13.2. The number of carbonyl (C=O) groups excluding carboxylic acids is 1. The Balaban J connectivity index is 1.39. The van der Waals surface area contributed by atoms with E-state index in [0.717, 1.165) is 25.4 Å². The van der Waals surface area contributed by atoms with Crippen molar-refractivity contribution in [2.24, 2.45) is 5.92 Å². The third kappa shape index (κ3) is 3.27. The summed E-state index contributed by atoms with van der Waals surface area (Å²) < 4.78 is 11.1. The van der Waals surface area contributed by atoms with Gasteiger partial charge in [0, 0.05) is 57.3 Å². The Kier molecular flexibility index (Phi) is 4.97. The van der Waals surface area contributed by atoms with Crippen LogP contribution in [0.3, 0.4) is 0 Å². The van der Waals surface area contributed by atoms with Crippen LogP contribution in [-0.4, -0.2) is 70.2 Å². The van der Waals surface area contributed by atoms with E-state index in [4.69, 9.17) is 9.15 Å². The molecule has 3 aliphatic rings. The van der Waals surface area contributed by atoms with Crippen molar-refractivity contribution in [3.8, 4) is 5.88 Å². The van der Waals surface area contributed by atoms with Gasteiger partial charge in [0.25, 0.3) is 5.91 Å². The van der Waals surface area contributed by atoms with Crippen LogP contribution < -0.4 is 4.74 Å². The summed E-state index contributed by atoms with van der Waals surface area (Å²) in [5, 5.41) is 8.56. The summed E-state index contributed by atoms with van der Waals surface area (Å²) in [4.78, 5) is 21.9. The molecule has 2 aliphatic heterocycles. The van der Waals surface area contributed by atoms with E-state index in [0.29, 0.717) is 42.4 Å². The Hall–Kier alpha value is -2.48. The molecule has 0 N–H and O–H groups in total. The number of aromatic nitrogens is 3. The molecule has 30 heavy (non-hydrogen) atoms. The first-order valence-corrected chi connectivity index (χ1v) is 10.9.